The monoisotopic (exact) mass is 328 g/mol. The number of hydrogen-bond acceptors (Lipinski definition) is 2. The zero-order chi connectivity index (χ0) is 17.8. The maximum atomic E-state index is 5.20. The number of hydrogen-bond donors (Lipinski definition) is 0. The highest BCUT2D eigenvalue weighted by Gasteiger charge is 2.43. The van der Waals surface area contributed by atoms with Crippen LogP contribution in [0.2, 0.25) is 0 Å². The van der Waals surface area contributed by atoms with Gasteiger partial charge in [0.2, 0.25) is 0 Å². The SMILES string of the molecule is Cc1ccc2c(c1)C(c1cnc3ccccc3c1)=NC(C)(C)C2(C)C. The van der Waals surface area contributed by atoms with Gasteiger partial charge in [-0.25, -0.2) is 0 Å². The lowest BCUT2D eigenvalue weighted by molar-refractivity contribution is 0.303. The summed E-state index contributed by atoms with van der Waals surface area (Å²) >= 11 is 0. The Bertz CT molecular complexity index is 1010. The van der Waals surface area contributed by atoms with Crippen molar-refractivity contribution < 1.29 is 0 Å². The summed E-state index contributed by atoms with van der Waals surface area (Å²) in [4.78, 5) is 9.86. The summed E-state index contributed by atoms with van der Waals surface area (Å²) in [5.41, 5.74) is 6.82. The fourth-order valence-corrected chi connectivity index (χ4v) is 3.63. The first kappa shape index (κ1) is 16.0. The topological polar surface area (TPSA) is 25.2 Å². The number of rotatable bonds is 1. The van der Waals surface area contributed by atoms with Gasteiger partial charge < -0.3 is 0 Å². The molecule has 2 aromatic carbocycles. The van der Waals surface area contributed by atoms with Crippen LogP contribution in [0, 0.1) is 6.92 Å². The Kier molecular flexibility index (Phi) is 3.37. The maximum absolute atomic E-state index is 5.20. The van der Waals surface area contributed by atoms with Gasteiger partial charge in [-0.05, 0) is 44.5 Å². The van der Waals surface area contributed by atoms with Crippen molar-refractivity contribution in [3.63, 3.8) is 0 Å². The van der Waals surface area contributed by atoms with Crippen LogP contribution >= 0.6 is 0 Å². The maximum Gasteiger partial charge on any atom is 0.0744 e. The minimum atomic E-state index is -0.184. The number of pyridine rings is 1. The predicted molar refractivity (Wildman–Crippen MR) is 106 cm³/mol. The van der Waals surface area contributed by atoms with Crippen LogP contribution in [0.5, 0.6) is 0 Å². The number of aliphatic imine (C=N–C) groups is 1. The molecule has 0 fully saturated rings. The summed E-state index contributed by atoms with van der Waals surface area (Å²) in [7, 11) is 0. The fraction of sp³-hybridized carbons (Fsp3) is 0.304. The molecular formula is C23H24N2. The van der Waals surface area contributed by atoms with E-state index in [1.807, 2.05) is 18.3 Å². The smallest absolute Gasteiger partial charge is 0.0744 e. The highest BCUT2D eigenvalue weighted by molar-refractivity contribution is 6.15. The summed E-state index contributed by atoms with van der Waals surface area (Å²) < 4.78 is 0. The number of aryl methyl sites for hydroxylation is 1. The molecule has 2 heterocycles. The fourth-order valence-electron chi connectivity index (χ4n) is 3.63. The van der Waals surface area contributed by atoms with Gasteiger partial charge in [-0.2, -0.15) is 0 Å². The van der Waals surface area contributed by atoms with Crippen LogP contribution in [0.1, 0.15) is 49.9 Å². The van der Waals surface area contributed by atoms with Gasteiger partial charge in [-0.15, -0.1) is 0 Å². The van der Waals surface area contributed by atoms with E-state index < -0.39 is 0 Å². The number of benzene rings is 2. The molecule has 0 aliphatic carbocycles. The van der Waals surface area contributed by atoms with Gasteiger partial charge in [0, 0.05) is 28.1 Å². The molecule has 0 unspecified atom stereocenters. The van der Waals surface area contributed by atoms with E-state index in [2.05, 4.69) is 76.0 Å². The molecule has 25 heavy (non-hydrogen) atoms. The van der Waals surface area contributed by atoms with Crippen molar-refractivity contribution in [2.45, 2.75) is 45.6 Å². The van der Waals surface area contributed by atoms with E-state index in [1.165, 1.54) is 16.7 Å². The third-order valence-electron chi connectivity index (χ3n) is 5.89. The second kappa shape index (κ2) is 5.26. The zero-order valence-electron chi connectivity index (χ0n) is 15.6. The molecule has 126 valence electrons. The third-order valence-corrected chi connectivity index (χ3v) is 5.89. The zero-order valence-corrected chi connectivity index (χ0v) is 15.6. The molecule has 2 nitrogen and oxygen atoms in total. The average molecular weight is 328 g/mol. The lowest BCUT2D eigenvalue weighted by atomic mass is 9.65. The standard InChI is InChI=1S/C23H24N2/c1-15-10-11-19-18(12-15)21(25-23(4,5)22(19,2)3)17-13-16-8-6-7-9-20(16)24-14-17/h6-14H,1-5H3. The largest absolute Gasteiger partial charge is 0.277 e. The molecule has 3 aromatic rings. The van der Waals surface area contributed by atoms with E-state index >= 15 is 0 Å². The predicted octanol–water partition coefficient (Wildman–Crippen LogP) is 5.45. The molecule has 2 heteroatoms. The van der Waals surface area contributed by atoms with Crippen LogP contribution in [0.4, 0.5) is 0 Å². The highest BCUT2D eigenvalue weighted by Crippen LogP contribution is 2.44. The Morgan fingerprint density at radius 3 is 2.44 bits per heavy atom. The number of nitrogens with zero attached hydrogens (tertiary/aromatic N) is 2. The van der Waals surface area contributed by atoms with Gasteiger partial charge in [0.15, 0.2) is 0 Å². The minimum Gasteiger partial charge on any atom is -0.277 e. The number of aromatic nitrogens is 1. The van der Waals surface area contributed by atoms with Gasteiger partial charge in [-0.3, -0.25) is 9.98 Å². The summed E-state index contributed by atoms with van der Waals surface area (Å²) in [6.45, 7) is 11.2. The van der Waals surface area contributed by atoms with E-state index in [0.717, 1.165) is 22.2 Å². The molecule has 1 aromatic heterocycles. The first-order valence-corrected chi connectivity index (χ1v) is 8.86. The van der Waals surface area contributed by atoms with Crippen molar-refractivity contribution in [2.24, 2.45) is 4.99 Å². The lowest BCUT2D eigenvalue weighted by Crippen LogP contribution is -2.46. The van der Waals surface area contributed by atoms with Crippen molar-refractivity contribution in [3.8, 4) is 0 Å². The molecule has 0 amide bonds. The van der Waals surface area contributed by atoms with Crippen LogP contribution in [0.3, 0.4) is 0 Å². The van der Waals surface area contributed by atoms with Crippen LogP contribution in [0.25, 0.3) is 10.9 Å². The molecule has 4 rings (SSSR count). The highest BCUT2D eigenvalue weighted by atomic mass is 14.9. The van der Waals surface area contributed by atoms with Gasteiger partial charge in [-0.1, -0.05) is 49.7 Å². The molecule has 0 N–H and O–H groups in total. The molecule has 1 aliphatic rings. The summed E-state index contributed by atoms with van der Waals surface area (Å²) in [6, 6.07) is 17.2. The molecule has 0 spiro atoms. The van der Waals surface area contributed by atoms with Crippen LogP contribution in [0.15, 0.2) is 59.7 Å². The normalized spacial score (nSPS) is 17.9. The number of fused-ring (bicyclic) bond motifs is 2. The Balaban J connectivity index is 1.99. The summed E-state index contributed by atoms with van der Waals surface area (Å²) in [5, 5.41) is 1.15. The van der Waals surface area contributed by atoms with Crippen molar-refractivity contribution in [2.75, 3.05) is 0 Å². The summed E-state index contributed by atoms with van der Waals surface area (Å²) in [6.07, 6.45) is 1.96. The van der Waals surface area contributed by atoms with Crippen LogP contribution < -0.4 is 0 Å². The average Bonchev–Trinajstić information content (AvgIpc) is 2.58. The van der Waals surface area contributed by atoms with Gasteiger partial charge in [0.25, 0.3) is 0 Å². The van der Waals surface area contributed by atoms with E-state index in [9.17, 15) is 0 Å². The van der Waals surface area contributed by atoms with Crippen molar-refractivity contribution in [1.82, 2.24) is 4.98 Å². The quantitative estimate of drug-likeness (QED) is 0.583. The lowest BCUT2D eigenvalue weighted by Gasteiger charge is -2.44. The second-order valence-electron chi connectivity index (χ2n) is 8.11. The molecule has 0 radical (unpaired) electrons. The Hall–Kier alpha value is -2.48. The Morgan fingerprint density at radius 1 is 0.880 bits per heavy atom. The molecule has 0 saturated carbocycles. The van der Waals surface area contributed by atoms with Gasteiger partial charge in [0.1, 0.15) is 0 Å². The Labute approximate surface area is 149 Å². The third kappa shape index (κ3) is 2.39. The molecule has 0 atom stereocenters. The first-order valence-electron chi connectivity index (χ1n) is 8.86. The van der Waals surface area contributed by atoms with Crippen molar-refractivity contribution >= 4 is 16.6 Å². The van der Waals surface area contributed by atoms with E-state index in [1.54, 1.807) is 0 Å². The molecule has 0 bridgehead atoms. The van der Waals surface area contributed by atoms with Crippen LogP contribution in [-0.4, -0.2) is 16.2 Å². The Morgan fingerprint density at radius 2 is 1.64 bits per heavy atom. The summed E-state index contributed by atoms with van der Waals surface area (Å²) in [5.74, 6) is 0. The van der Waals surface area contributed by atoms with Crippen molar-refractivity contribution in [1.29, 1.82) is 0 Å². The minimum absolute atomic E-state index is 0.0240. The molecule has 1 aliphatic heterocycles. The van der Waals surface area contributed by atoms with E-state index in [0.29, 0.717) is 0 Å². The van der Waals surface area contributed by atoms with E-state index in [4.69, 9.17) is 4.99 Å². The first-order chi connectivity index (χ1) is 11.8. The van der Waals surface area contributed by atoms with Crippen molar-refractivity contribution in [3.05, 3.63) is 77.0 Å². The molecule has 0 saturated heterocycles. The van der Waals surface area contributed by atoms with E-state index in [-0.39, 0.29) is 11.0 Å². The number of para-hydroxylation sites is 1. The van der Waals surface area contributed by atoms with Gasteiger partial charge in [0.05, 0.1) is 16.8 Å². The second-order valence-corrected chi connectivity index (χ2v) is 8.11. The van der Waals surface area contributed by atoms with Gasteiger partial charge >= 0.3 is 0 Å². The molecular weight excluding hydrogens is 304 g/mol. The van der Waals surface area contributed by atoms with Crippen LogP contribution in [-0.2, 0) is 5.41 Å².